The molecule has 1 aromatic heterocycles. The van der Waals surface area contributed by atoms with Gasteiger partial charge < -0.3 is 19.2 Å². The number of nitrogens with zero attached hydrogens (tertiary/aromatic N) is 1. The fourth-order valence-electron chi connectivity index (χ4n) is 3.22. The second kappa shape index (κ2) is 9.44. The average Bonchev–Trinajstić information content (AvgIpc) is 3.39. The van der Waals surface area contributed by atoms with Crippen molar-refractivity contribution in [3.63, 3.8) is 0 Å². The summed E-state index contributed by atoms with van der Waals surface area (Å²) in [5, 5.41) is 2.56. The van der Waals surface area contributed by atoms with Crippen molar-refractivity contribution in [2.45, 2.75) is 20.1 Å². The third-order valence-corrected chi connectivity index (χ3v) is 5.04. The number of carbonyl (C=O) groups excluding carboxylic acids is 3. The molecule has 1 N–H and O–H groups in total. The minimum atomic E-state index is -0.634. The zero-order valence-electron chi connectivity index (χ0n) is 18.2. The molecule has 1 saturated heterocycles. The molecule has 0 unspecified atom stereocenters. The van der Waals surface area contributed by atoms with Crippen molar-refractivity contribution in [2.75, 3.05) is 7.11 Å². The standard InChI is InChI=1S/C25H22N2O6/c1-16-3-5-18(6-4-16)15-32-19-9-7-17(8-10-19)13-21-23(28)27(25(30)26-21)14-20-11-12-22(33-20)24(29)31-2/h3-13H,14-15H2,1-2H3,(H,26,30)/b21-13-. The Hall–Kier alpha value is -4.33. The van der Waals surface area contributed by atoms with Gasteiger partial charge in [0, 0.05) is 0 Å². The van der Waals surface area contributed by atoms with E-state index in [2.05, 4.69) is 10.1 Å². The molecule has 0 aliphatic carbocycles. The van der Waals surface area contributed by atoms with Crippen LogP contribution >= 0.6 is 0 Å². The van der Waals surface area contributed by atoms with Gasteiger partial charge in [-0.1, -0.05) is 42.0 Å². The Balaban J connectivity index is 1.39. The average molecular weight is 446 g/mol. The lowest BCUT2D eigenvalue weighted by Gasteiger charge is -2.09. The number of hydrogen-bond donors (Lipinski definition) is 1. The fraction of sp³-hybridized carbons (Fsp3) is 0.160. The molecule has 8 nitrogen and oxygen atoms in total. The van der Waals surface area contributed by atoms with Crippen LogP contribution in [-0.2, 0) is 22.7 Å². The van der Waals surface area contributed by atoms with Crippen LogP contribution in [0.25, 0.3) is 6.08 Å². The summed E-state index contributed by atoms with van der Waals surface area (Å²) in [5.74, 6) is -0.142. The SMILES string of the molecule is COC(=O)c1ccc(CN2C(=O)N/C(=C\c3ccc(OCc4ccc(C)cc4)cc3)C2=O)o1. The molecule has 8 heteroatoms. The van der Waals surface area contributed by atoms with E-state index >= 15 is 0 Å². The van der Waals surface area contributed by atoms with Gasteiger partial charge in [0.15, 0.2) is 0 Å². The lowest BCUT2D eigenvalue weighted by molar-refractivity contribution is -0.123. The van der Waals surface area contributed by atoms with Gasteiger partial charge in [-0.2, -0.15) is 0 Å². The van der Waals surface area contributed by atoms with Gasteiger partial charge in [-0.25, -0.2) is 9.59 Å². The van der Waals surface area contributed by atoms with Gasteiger partial charge in [-0.15, -0.1) is 0 Å². The van der Waals surface area contributed by atoms with Crippen molar-refractivity contribution in [3.8, 4) is 5.75 Å². The maximum absolute atomic E-state index is 12.7. The van der Waals surface area contributed by atoms with Gasteiger partial charge >= 0.3 is 12.0 Å². The van der Waals surface area contributed by atoms with Crippen LogP contribution in [0.5, 0.6) is 5.75 Å². The Kier molecular flexibility index (Phi) is 6.26. The summed E-state index contributed by atoms with van der Waals surface area (Å²) in [6, 6.07) is 17.7. The highest BCUT2D eigenvalue weighted by atomic mass is 16.5. The molecule has 0 saturated carbocycles. The maximum atomic E-state index is 12.7. The van der Waals surface area contributed by atoms with Crippen molar-refractivity contribution in [1.82, 2.24) is 10.2 Å². The normalized spacial score (nSPS) is 14.5. The molecule has 2 heterocycles. The molecular formula is C25H22N2O6. The number of esters is 1. The Morgan fingerprint density at radius 1 is 1.03 bits per heavy atom. The number of urea groups is 1. The highest BCUT2D eigenvalue weighted by molar-refractivity contribution is 6.13. The first-order chi connectivity index (χ1) is 15.9. The summed E-state index contributed by atoms with van der Waals surface area (Å²) >= 11 is 0. The largest absolute Gasteiger partial charge is 0.489 e. The number of amides is 3. The molecule has 4 rings (SSSR count). The summed E-state index contributed by atoms with van der Waals surface area (Å²) < 4.78 is 15.7. The van der Waals surface area contributed by atoms with E-state index in [1.54, 1.807) is 30.3 Å². The van der Waals surface area contributed by atoms with E-state index in [-0.39, 0.29) is 23.8 Å². The minimum absolute atomic E-state index is 0.00000603. The smallest absolute Gasteiger partial charge is 0.373 e. The van der Waals surface area contributed by atoms with Crippen LogP contribution in [0.3, 0.4) is 0 Å². The zero-order chi connectivity index (χ0) is 23.4. The molecule has 1 aliphatic heterocycles. The number of imide groups is 1. The topological polar surface area (TPSA) is 98.1 Å². The number of rotatable bonds is 7. The molecule has 0 atom stereocenters. The van der Waals surface area contributed by atoms with E-state index in [4.69, 9.17) is 9.15 Å². The molecule has 1 aliphatic rings. The Morgan fingerprint density at radius 2 is 1.76 bits per heavy atom. The van der Waals surface area contributed by atoms with Gasteiger partial charge in [0.25, 0.3) is 5.91 Å². The molecule has 33 heavy (non-hydrogen) atoms. The van der Waals surface area contributed by atoms with Crippen molar-refractivity contribution >= 4 is 24.0 Å². The summed E-state index contributed by atoms with van der Waals surface area (Å²) in [6.07, 6.45) is 1.59. The Bertz CT molecular complexity index is 1210. The quantitative estimate of drug-likeness (QED) is 0.334. The Labute approximate surface area is 190 Å². The highest BCUT2D eigenvalue weighted by Gasteiger charge is 2.34. The second-order valence-corrected chi connectivity index (χ2v) is 7.48. The lowest BCUT2D eigenvalue weighted by atomic mass is 10.1. The summed E-state index contributed by atoms with van der Waals surface area (Å²) in [4.78, 5) is 37.5. The number of hydrogen-bond acceptors (Lipinski definition) is 6. The van der Waals surface area contributed by atoms with E-state index in [0.29, 0.717) is 12.4 Å². The molecule has 0 radical (unpaired) electrons. The molecule has 0 bridgehead atoms. The number of furan rings is 1. The first-order valence-corrected chi connectivity index (χ1v) is 10.2. The monoisotopic (exact) mass is 446 g/mol. The van der Waals surface area contributed by atoms with Crippen LogP contribution in [0.4, 0.5) is 4.79 Å². The zero-order valence-corrected chi connectivity index (χ0v) is 18.2. The van der Waals surface area contributed by atoms with Gasteiger partial charge in [-0.05, 0) is 48.4 Å². The van der Waals surface area contributed by atoms with E-state index in [1.807, 2.05) is 31.2 Å². The van der Waals surface area contributed by atoms with Gasteiger partial charge in [0.05, 0.1) is 13.7 Å². The Morgan fingerprint density at radius 3 is 2.45 bits per heavy atom. The number of methoxy groups -OCH3 is 1. The van der Waals surface area contributed by atoms with Gasteiger partial charge in [0.1, 0.15) is 23.8 Å². The van der Waals surface area contributed by atoms with E-state index in [1.165, 1.54) is 24.8 Å². The highest BCUT2D eigenvalue weighted by Crippen LogP contribution is 2.20. The number of carbonyl (C=O) groups is 3. The van der Waals surface area contributed by atoms with Gasteiger partial charge in [-0.3, -0.25) is 9.69 Å². The van der Waals surface area contributed by atoms with Crippen molar-refractivity contribution in [3.05, 3.63) is 94.6 Å². The van der Waals surface area contributed by atoms with Crippen LogP contribution in [0.15, 0.2) is 70.8 Å². The maximum Gasteiger partial charge on any atom is 0.373 e. The third kappa shape index (κ3) is 5.12. The molecule has 0 spiro atoms. The molecular weight excluding hydrogens is 424 g/mol. The van der Waals surface area contributed by atoms with E-state index in [0.717, 1.165) is 16.0 Å². The summed E-state index contributed by atoms with van der Waals surface area (Å²) in [6.45, 7) is 2.38. The first-order valence-electron chi connectivity index (χ1n) is 10.2. The predicted molar refractivity (Wildman–Crippen MR) is 119 cm³/mol. The van der Waals surface area contributed by atoms with Crippen LogP contribution in [0, 0.1) is 6.92 Å². The molecule has 2 aromatic carbocycles. The molecule has 168 valence electrons. The van der Waals surface area contributed by atoms with Crippen molar-refractivity contribution in [2.24, 2.45) is 0 Å². The number of nitrogens with one attached hydrogen (secondary N) is 1. The van der Waals surface area contributed by atoms with E-state index < -0.39 is 17.9 Å². The number of aryl methyl sites for hydroxylation is 1. The second-order valence-electron chi connectivity index (χ2n) is 7.48. The van der Waals surface area contributed by atoms with Crippen molar-refractivity contribution < 1.29 is 28.3 Å². The van der Waals surface area contributed by atoms with E-state index in [9.17, 15) is 14.4 Å². The van der Waals surface area contributed by atoms with Crippen LogP contribution in [0.2, 0.25) is 0 Å². The number of benzene rings is 2. The molecule has 1 fully saturated rings. The van der Waals surface area contributed by atoms with Gasteiger partial charge in [0.2, 0.25) is 5.76 Å². The van der Waals surface area contributed by atoms with Crippen LogP contribution in [0.1, 0.15) is 33.0 Å². The first kappa shape index (κ1) is 21.9. The lowest BCUT2D eigenvalue weighted by Crippen LogP contribution is -2.30. The minimum Gasteiger partial charge on any atom is -0.489 e. The predicted octanol–water partition coefficient (Wildman–Crippen LogP) is 4.05. The number of ether oxygens (including phenoxy) is 2. The van der Waals surface area contributed by atoms with Crippen molar-refractivity contribution in [1.29, 1.82) is 0 Å². The van der Waals surface area contributed by atoms with Crippen LogP contribution < -0.4 is 10.1 Å². The molecule has 3 amide bonds. The third-order valence-electron chi connectivity index (χ3n) is 5.04. The van der Waals surface area contributed by atoms with Crippen LogP contribution in [-0.4, -0.2) is 29.9 Å². The fourth-order valence-corrected chi connectivity index (χ4v) is 3.22. The molecule has 3 aromatic rings. The summed E-state index contributed by atoms with van der Waals surface area (Å²) in [5.41, 5.74) is 3.14. The summed E-state index contributed by atoms with van der Waals surface area (Å²) in [7, 11) is 1.24.